The Kier molecular flexibility index (Phi) is 2.13. The lowest BCUT2D eigenvalue weighted by Crippen LogP contribution is -2.47. The van der Waals surface area contributed by atoms with E-state index in [4.69, 9.17) is 5.73 Å². The van der Waals surface area contributed by atoms with E-state index in [-0.39, 0.29) is 5.54 Å². The molecule has 1 aliphatic carbocycles. The van der Waals surface area contributed by atoms with Crippen molar-refractivity contribution in [2.45, 2.75) is 50.1 Å². The quantitative estimate of drug-likeness (QED) is 0.640. The molecule has 70 valence electrons. The van der Waals surface area contributed by atoms with Crippen molar-refractivity contribution in [1.29, 1.82) is 0 Å². The molecule has 2 fully saturated rings. The largest absolute Gasteiger partial charge is 0.324 e. The number of hydrogen-bond acceptors (Lipinski definition) is 2. The summed E-state index contributed by atoms with van der Waals surface area (Å²) in [5.41, 5.74) is 6.45. The molecule has 0 aromatic heterocycles. The van der Waals surface area contributed by atoms with Crippen LogP contribution in [-0.2, 0) is 0 Å². The fourth-order valence-corrected chi connectivity index (χ4v) is 2.46. The van der Waals surface area contributed by atoms with Crippen LogP contribution in [0.25, 0.3) is 0 Å². The van der Waals surface area contributed by atoms with Gasteiger partial charge in [0, 0.05) is 11.6 Å². The second-order valence-electron chi connectivity index (χ2n) is 4.58. The highest BCUT2D eigenvalue weighted by Gasteiger charge is 2.47. The summed E-state index contributed by atoms with van der Waals surface area (Å²) in [4.78, 5) is 2.49. The molecule has 0 aromatic carbocycles. The van der Waals surface area contributed by atoms with Gasteiger partial charge in [-0.25, -0.2) is 0 Å². The van der Waals surface area contributed by atoms with E-state index in [0.717, 1.165) is 0 Å². The van der Waals surface area contributed by atoms with Gasteiger partial charge in [0.1, 0.15) is 0 Å². The fourth-order valence-electron chi connectivity index (χ4n) is 2.46. The number of nitrogens with two attached hydrogens (primary N) is 1. The van der Waals surface area contributed by atoms with E-state index in [1.807, 2.05) is 0 Å². The molecule has 1 atom stereocenters. The van der Waals surface area contributed by atoms with Crippen molar-refractivity contribution in [3.05, 3.63) is 0 Å². The van der Waals surface area contributed by atoms with Gasteiger partial charge >= 0.3 is 0 Å². The molecule has 1 unspecified atom stereocenters. The van der Waals surface area contributed by atoms with E-state index in [1.165, 1.54) is 45.1 Å². The Morgan fingerprint density at radius 2 is 2.00 bits per heavy atom. The summed E-state index contributed by atoms with van der Waals surface area (Å²) < 4.78 is 0. The van der Waals surface area contributed by atoms with Crippen molar-refractivity contribution in [1.82, 2.24) is 4.90 Å². The minimum absolute atomic E-state index is 0.207. The summed E-state index contributed by atoms with van der Waals surface area (Å²) in [6.45, 7) is 1.25. The van der Waals surface area contributed by atoms with Gasteiger partial charge in [-0.15, -0.1) is 0 Å². The number of hydrogen-bond donors (Lipinski definition) is 1. The molecule has 2 heteroatoms. The normalized spacial score (nSPS) is 36.0. The van der Waals surface area contributed by atoms with Crippen molar-refractivity contribution in [3.8, 4) is 0 Å². The van der Waals surface area contributed by atoms with E-state index in [1.54, 1.807) is 0 Å². The van der Waals surface area contributed by atoms with Gasteiger partial charge in [0.2, 0.25) is 0 Å². The molecule has 0 bridgehead atoms. The van der Waals surface area contributed by atoms with E-state index in [9.17, 15) is 0 Å². The highest BCUT2D eigenvalue weighted by molar-refractivity contribution is 5.08. The van der Waals surface area contributed by atoms with Crippen LogP contribution in [0.15, 0.2) is 0 Å². The molecule has 1 aliphatic heterocycles. The van der Waals surface area contributed by atoms with Crippen LogP contribution in [0, 0.1) is 0 Å². The second-order valence-corrected chi connectivity index (χ2v) is 4.58. The molecular formula is C10H20N2. The first-order valence-corrected chi connectivity index (χ1v) is 5.21. The lowest BCUT2D eigenvalue weighted by atomic mass is 10.0. The lowest BCUT2D eigenvalue weighted by molar-refractivity contribution is 0.204. The maximum Gasteiger partial charge on any atom is 0.0313 e. The van der Waals surface area contributed by atoms with Crippen LogP contribution in [-0.4, -0.2) is 30.1 Å². The zero-order valence-electron chi connectivity index (χ0n) is 8.05. The minimum Gasteiger partial charge on any atom is -0.324 e. The van der Waals surface area contributed by atoms with Gasteiger partial charge in [0.05, 0.1) is 0 Å². The second kappa shape index (κ2) is 3.00. The third-order valence-corrected chi connectivity index (χ3v) is 3.51. The Morgan fingerprint density at radius 3 is 2.67 bits per heavy atom. The maximum absolute atomic E-state index is 6.24. The monoisotopic (exact) mass is 168 g/mol. The number of likely N-dealkylation sites (tertiary alicyclic amines) is 1. The smallest absolute Gasteiger partial charge is 0.0313 e. The molecule has 0 amide bonds. The fraction of sp³-hybridized carbons (Fsp3) is 1.00. The summed E-state index contributed by atoms with van der Waals surface area (Å²) >= 11 is 0. The Bertz CT molecular complexity index is 163. The molecule has 0 spiro atoms. The zero-order valence-corrected chi connectivity index (χ0v) is 8.05. The third-order valence-electron chi connectivity index (χ3n) is 3.51. The van der Waals surface area contributed by atoms with E-state index < -0.39 is 0 Å². The molecule has 1 heterocycles. The molecule has 2 aliphatic rings. The van der Waals surface area contributed by atoms with Gasteiger partial charge in [-0.1, -0.05) is 12.8 Å². The Balaban J connectivity index is 2.00. The standard InChI is InChI=1S/C10H20N2/c1-12-8-4-2-3-5-9(12)10(11)6-7-10/h9H,2-8,11H2,1H3. The molecule has 0 aromatic rings. The van der Waals surface area contributed by atoms with E-state index >= 15 is 0 Å². The van der Waals surface area contributed by atoms with Gasteiger partial charge in [-0.3, -0.25) is 0 Å². The van der Waals surface area contributed by atoms with Crippen molar-refractivity contribution in [3.63, 3.8) is 0 Å². The predicted molar refractivity (Wildman–Crippen MR) is 51.0 cm³/mol. The van der Waals surface area contributed by atoms with E-state index in [2.05, 4.69) is 11.9 Å². The average Bonchev–Trinajstić information content (AvgIpc) is 2.77. The SMILES string of the molecule is CN1CCCCCC1C1(N)CC1. The number of nitrogens with zero attached hydrogens (tertiary/aromatic N) is 1. The lowest BCUT2D eigenvalue weighted by Gasteiger charge is -2.31. The highest BCUT2D eigenvalue weighted by Crippen LogP contribution is 2.40. The van der Waals surface area contributed by atoms with Gasteiger partial charge in [-0.05, 0) is 39.3 Å². The van der Waals surface area contributed by atoms with Crippen molar-refractivity contribution in [2.24, 2.45) is 5.73 Å². The van der Waals surface area contributed by atoms with Crippen LogP contribution in [0.3, 0.4) is 0 Å². The van der Waals surface area contributed by atoms with Gasteiger partial charge in [-0.2, -0.15) is 0 Å². The Hall–Kier alpha value is -0.0800. The summed E-state index contributed by atoms with van der Waals surface area (Å²) in [5, 5.41) is 0. The first-order valence-electron chi connectivity index (χ1n) is 5.21. The summed E-state index contributed by atoms with van der Waals surface area (Å²) in [5.74, 6) is 0. The summed E-state index contributed by atoms with van der Waals surface area (Å²) in [6, 6.07) is 0.681. The van der Waals surface area contributed by atoms with Crippen LogP contribution in [0.4, 0.5) is 0 Å². The summed E-state index contributed by atoms with van der Waals surface area (Å²) in [6.07, 6.45) is 7.98. The molecule has 1 saturated heterocycles. The van der Waals surface area contributed by atoms with Gasteiger partial charge in [0.25, 0.3) is 0 Å². The first kappa shape index (κ1) is 8.52. The molecule has 12 heavy (non-hydrogen) atoms. The Morgan fingerprint density at radius 1 is 1.25 bits per heavy atom. The van der Waals surface area contributed by atoms with Gasteiger partial charge in [0.15, 0.2) is 0 Å². The van der Waals surface area contributed by atoms with Crippen LogP contribution < -0.4 is 5.73 Å². The molecule has 2 N–H and O–H groups in total. The molecule has 1 saturated carbocycles. The van der Waals surface area contributed by atoms with Crippen LogP contribution >= 0.6 is 0 Å². The molecular weight excluding hydrogens is 148 g/mol. The predicted octanol–water partition coefficient (Wildman–Crippen LogP) is 1.35. The first-order chi connectivity index (χ1) is 5.72. The average molecular weight is 168 g/mol. The number of rotatable bonds is 1. The highest BCUT2D eigenvalue weighted by atomic mass is 15.2. The zero-order chi connectivity index (χ0) is 8.60. The van der Waals surface area contributed by atoms with Gasteiger partial charge < -0.3 is 10.6 Å². The Labute approximate surface area is 75.1 Å². The van der Waals surface area contributed by atoms with Crippen molar-refractivity contribution < 1.29 is 0 Å². The van der Waals surface area contributed by atoms with Crippen LogP contribution in [0.2, 0.25) is 0 Å². The van der Waals surface area contributed by atoms with Crippen LogP contribution in [0.1, 0.15) is 38.5 Å². The maximum atomic E-state index is 6.24. The van der Waals surface area contributed by atoms with Crippen LogP contribution in [0.5, 0.6) is 0 Å². The molecule has 0 radical (unpaired) electrons. The molecule has 2 rings (SSSR count). The van der Waals surface area contributed by atoms with Crippen molar-refractivity contribution in [2.75, 3.05) is 13.6 Å². The van der Waals surface area contributed by atoms with Crippen molar-refractivity contribution >= 4 is 0 Å². The summed E-state index contributed by atoms with van der Waals surface area (Å²) in [7, 11) is 2.24. The number of likely N-dealkylation sites (N-methyl/N-ethyl adjacent to an activating group) is 1. The van der Waals surface area contributed by atoms with E-state index in [0.29, 0.717) is 6.04 Å². The third kappa shape index (κ3) is 1.50. The topological polar surface area (TPSA) is 29.3 Å². The minimum atomic E-state index is 0.207. The molecule has 2 nitrogen and oxygen atoms in total.